The molecule has 0 aromatic heterocycles. The highest BCUT2D eigenvalue weighted by molar-refractivity contribution is 4.87. The lowest BCUT2D eigenvalue weighted by atomic mass is 10.0. The molecule has 1 aliphatic rings. The average molecular weight is 182 g/mol. The average Bonchev–Trinajstić information content (AvgIpc) is 2.18. The summed E-state index contributed by atoms with van der Waals surface area (Å²) in [5.41, 5.74) is 0. The molecule has 0 aromatic rings. The van der Waals surface area contributed by atoms with Crippen LogP contribution < -0.4 is 0 Å². The Hall–Kier alpha value is -0.590. The number of hydrogen-bond acceptors (Lipinski definition) is 3. The summed E-state index contributed by atoms with van der Waals surface area (Å²) >= 11 is 0. The van der Waals surface area contributed by atoms with Gasteiger partial charge in [0.2, 0.25) is 0 Å². The zero-order chi connectivity index (χ0) is 9.68. The van der Waals surface area contributed by atoms with Gasteiger partial charge in [0.05, 0.1) is 18.7 Å². The van der Waals surface area contributed by atoms with Gasteiger partial charge in [-0.1, -0.05) is 0 Å². The van der Waals surface area contributed by atoms with E-state index in [4.69, 9.17) is 10.00 Å². The monoisotopic (exact) mass is 182 g/mol. The van der Waals surface area contributed by atoms with Gasteiger partial charge in [-0.3, -0.25) is 4.90 Å². The van der Waals surface area contributed by atoms with Gasteiger partial charge >= 0.3 is 0 Å². The molecule has 0 saturated carbocycles. The highest BCUT2D eigenvalue weighted by Crippen LogP contribution is 2.15. The number of ether oxygens (including phenoxy) is 1. The van der Waals surface area contributed by atoms with Gasteiger partial charge in [-0.05, 0) is 32.7 Å². The van der Waals surface area contributed by atoms with Crippen LogP contribution in [0.15, 0.2) is 0 Å². The zero-order valence-electron chi connectivity index (χ0n) is 8.49. The van der Waals surface area contributed by atoms with Crippen LogP contribution in [0.4, 0.5) is 0 Å². The molecule has 0 bridgehead atoms. The maximum atomic E-state index is 8.71. The third-order valence-electron chi connectivity index (χ3n) is 2.65. The van der Waals surface area contributed by atoms with Crippen molar-refractivity contribution in [2.45, 2.75) is 25.8 Å². The lowest BCUT2D eigenvalue weighted by molar-refractivity contribution is 0.0400. The Morgan fingerprint density at radius 2 is 2.46 bits per heavy atom. The molecule has 0 N–H and O–H groups in total. The first-order valence-corrected chi connectivity index (χ1v) is 4.91. The molecular formula is C10H18N2O. The molecule has 3 heteroatoms. The van der Waals surface area contributed by atoms with E-state index < -0.39 is 0 Å². The lowest BCUT2D eigenvalue weighted by Crippen LogP contribution is -2.35. The van der Waals surface area contributed by atoms with E-state index in [1.165, 1.54) is 12.8 Å². The van der Waals surface area contributed by atoms with Crippen molar-refractivity contribution in [1.29, 1.82) is 5.26 Å². The first-order valence-electron chi connectivity index (χ1n) is 4.91. The maximum absolute atomic E-state index is 8.71. The van der Waals surface area contributed by atoms with Crippen LogP contribution >= 0.6 is 0 Å². The molecule has 2 unspecified atom stereocenters. The molecule has 1 aliphatic heterocycles. The second-order valence-corrected chi connectivity index (χ2v) is 3.83. The Morgan fingerprint density at radius 3 is 3.00 bits per heavy atom. The van der Waals surface area contributed by atoms with E-state index in [2.05, 4.69) is 11.0 Å². The van der Waals surface area contributed by atoms with E-state index in [1.807, 2.05) is 14.0 Å². The summed E-state index contributed by atoms with van der Waals surface area (Å²) in [5, 5.41) is 8.71. The molecule has 0 radical (unpaired) electrons. The molecule has 0 spiro atoms. The summed E-state index contributed by atoms with van der Waals surface area (Å²) in [6, 6.07) is 2.26. The summed E-state index contributed by atoms with van der Waals surface area (Å²) in [7, 11) is 2.00. The fraction of sp³-hybridized carbons (Fsp3) is 0.900. The number of nitriles is 1. The summed E-state index contributed by atoms with van der Waals surface area (Å²) in [6.07, 6.45) is 2.40. The predicted octanol–water partition coefficient (Wildman–Crippen LogP) is 1.26. The molecule has 3 nitrogen and oxygen atoms in total. The van der Waals surface area contributed by atoms with Crippen molar-refractivity contribution < 1.29 is 4.74 Å². The van der Waals surface area contributed by atoms with Crippen molar-refractivity contribution in [3.05, 3.63) is 0 Å². The van der Waals surface area contributed by atoms with Crippen LogP contribution in [-0.2, 0) is 4.74 Å². The van der Waals surface area contributed by atoms with Gasteiger partial charge in [-0.25, -0.2) is 0 Å². The van der Waals surface area contributed by atoms with Gasteiger partial charge in [0.25, 0.3) is 0 Å². The van der Waals surface area contributed by atoms with E-state index in [1.54, 1.807) is 0 Å². The van der Waals surface area contributed by atoms with Crippen molar-refractivity contribution >= 4 is 0 Å². The van der Waals surface area contributed by atoms with Gasteiger partial charge in [0, 0.05) is 13.2 Å². The van der Waals surface area contributed by atoms with E-state index >= 15 is 0 Å². The van der Waals surface area contributed by atoms with E-state index in [0.29, 0.717) is 5.92 Å². The Labute approximate surface area is 80.3 Å². The topological polar surface area (TPSA) is 36.3 Å². The Morgan fingerprint density at radius 1 is 1.69 bits per heavy atom. The predicted molar refractivity (Wildman–Crippen MR) is 51.2 cm³/mol. The molecule has 1 rings (SSSR count). The SMILES string of the molecule is CC(C#N)N(C)CC1CCCOC1. The Kier molecular flexibility index (Phi) is 4.20. The lowest BCUT2D eigenvalue weighted by Gasteiger charge is -2.28. The minimum Gasteiger partial charge on any atom is -0.381 e. The molecule has 2 atom stereocenters. The first kappa shape index (κ1) is 10.5. The third kappa shape index (κ3) is 3.33. The highest BCUT2D eigenvalue weighted by Gasteiger charge is 2.17. The third-order valence-corrected chi connectivity index (χ3v) is 2.65. The molecule has 1 fully saturated rings. The fourth-order valence-corrected chi connectivity index (χ4v) is 1.62. The van der Waals surface area contributed by atoms with Crippen LogP contribution in [-0.4, -0.2) is 37.7 Å². The van der Waals surface area contributed by atoms with Crippen LogP contribution in [0, 0.1) is 17.2 Å². The number of rotatable bonds is 3. The normalized spacial score (nSPS) is 25.5. The largest absolute Gasteiger partial charge is 0.381 e. The van der Waals surface area contributed by atoms with Gasteiger partial charge in [-0.15, -0.1) is 0 Å². The molecular weight excluding hydrogens is 164 g/mol. The first-order chi connectivity index (χ1) is 6.24. The smallest absolute Gasteiger partial charge is 0.0946 e. The summed E-state index contributed by atoms with van der Waals surface area (Å²) in [4.78, 5) is 2.10. The molecule has 0 aromatic carbocycles. The molecule has 1 heterocycles. The van der Waals surface area contributed by atoms with Crippen molar-refractivity contribution in [3.8, 4) is 6.07 Å². The maximum Gasteiger partial charge on any atom is 0.0946 e. The molecule has 13 heavy (non-hydrogen) atoms. The summed E-state index contributed by atoms with van der Waals surface area (Å²) < 4.78 is 5.39. The van der Waals surface area contributed by atoms with Gasteiger partial charge in [0.15, 0.2) is 0 Å². The summed E-state index contributed by atoms with van der Waals surface area (Å²) in [5.74, 6) is 0.620. The number of nitrogens with zero attached hydrogens (tertiary/aromatic N) is 2. The van der Waals surface area contributed by atoms with E-state index in [9.17, 15) is 0 Å². The molecule has 74 valence electrons. The second kappa shape index (κ2) is 5.21. The minimum atomic E-state index is 0.0157. The van der Waals surface area contributed by atoms with Gasteiger partial charge in [0.1, 0.15) is 0 Å². The van der Waals surface area contributed by atoms with Crippen molar-refractivity contribution in [3.63, 3.8) is 0 Å². The Bertz CT molecular complexity index is 182. The highest BCUT2D eigenvalue weighted by atomic mass is 16.5. The molecule has 0 amide bonds. The summed E-state index contributed by atoms with van der Waals surface area (Å²) in [6.45, 7) is 4.69. The molecule has 1 saturated heterocycles. The van der Waals surface area contributed by atoms with Crippen LogP contribution in [0.1, 0.15) is 19.8 Å². The fourth-order valence-electron chi connectivity index (χ4n) is 1.62. The van der Waals surface area contributed by atoms with Crippen molar-refractivity contribution in [2.24, 2.45) is 5.92 Å². The van der Waals surface area contributed by atoms with Crippen LogP contribution in [0.25, 0.3) is 0 Å². The van der Waals surface area contributed by atoms with Crippen LogP contribution in [0.3, 0.4) is 0 Å². The Balaban J connectivity index is 2.26. The van der Waals surface area contributed by atoms with E-state index in [-0.39, 0.29) is 6.04 Å². The standard InChI is InChI=1S/C10H18N2O/c1-9(6-11)12(2)7-10-4-3-5-13-8-10/h9-10H,3-5,7-8H2,1-2H3. The van der Waals surface area contributed by atoms with Crippen molar-refractivity contribution in [1.82, 2.24) is 4.90 Å². The van der Waals surface area contributed by atoms with Crippen LogP contribution in [0.2, 0.25) is 0 Å². The van der Waals surface area contributed by atoms with Crippen molar-refractivity contribution in [2.75, 3.05) is 26.8 Å². The minimum absolute atomic E-state index is 0.0157. The molecule has 0 aliphatic carbocycles. The van der Waals surface area contributed by atoms with Gasteiger partial charge in [-0.2, -0.15) is 5.26 Å². The van der Waals surface area contributed by atoms with E-state index in [0.717, 1.165) is 19.8 Å². The quantitative estimate of drug-likeness (QED) is 0.659. The van der Waals surface area contributed by atoms with Gasteiger partial charge < -0.3 is 4.74 Å². The number of hydrogen-bond donors (Lipinski definition) is 0. The zero-order valence-corrected chi connectivity index (χ0v) is 8.49. The van der Waals surface area contributed by atoms with Crippen LogP contribution in [0.5, 0.6) is 0 Å². The second-order valence-electron chi connectivity index (χ2n) is 3.83.